The lowest BCUT2D eigenvalue weighted by atomic mass is 9.94. The molecule has 0 atom stereocenters. The second-order valence-electron chi connectivity index (χ2n) is 5.59. The number of H-pyrrole nitrogens is 1. The maximum absolute atomic E-state index is 5.79. The smallest absolute Gasteiger partial charge is 0.121 e. The van der Waals surface area contributed by atoms with Gasteiger partial charge in [-0.2, -0.15) is 0 Å². The van der Waals surface area contributed by atoms with Gasteiger partial charge in [0, 0.05) is 5.69 Å². The summed E-state index contributed by atoms with van der Waals surface area (Å²) in [5, 5.41) is 0. The molecule has 3 N–H and O–H groups in total. The molecule has 1 aromatic heterocycles. The number of nitrogens with two attached hydrogens (primary N) is 1. The summed E-state index contributed by atoms with van der Waals surface area (Å²) in [4.78, 5) is 10.5. The van der Waals surface area contributed by atoms with Crippen LogP contribution in [0.2, 0.25) is 0 Å². The van der Waals surface area contributed by atoms with E-state index in [-0.39, 0.29) is 0 Å². The van der Waals surface area contributed by atoms with E-state index in [1.165, 1.54) is 32.4 Å². The highest BCUT2D eigenvalue weighted by molar-refractivity contribution is 5.78. The molecule has 102 valence electrons. The highest BCUT2D eigenvalue weighted by atomic mass is 15.2. The van der Waals surface area contributed by atoms with Crippen molar-refractivity contribution in [1.29, 1.82) is 0 Å². The number of aromatic amines is 1. The van der Waals surface area contributed by atoms with E-state index in [0.717, 1.165) is 35.0 Å². The third kappa shape index (κ3) is 2.73. The van der Waals surface area contributed by atoms with Gasteiger partial charge >= 0.3 is 0 Å². The van der Waals surface area contributed by atoms with E-state index in [1.54, 1.807) is 0 Å². The Labute approximate surface area is 114 Å². The molecule has 1 saturated heterocycles. The Bertz CT molecular complexity index is 552. The number of benzene rings is 1. The predicted molar refractivity (Wildman–Crippen MR) is 78.8 cm³/mol. The van der Waals surface area contributed by atoms with Crippen LogP contribution in [-0.4, -0.2) is 28.0 Å². The van der Waals surface area contributed by atoms with Crippen LogP contribution in [0.3, 0.4) is 0 Å². The molecule has 0 spiro atoms. The normalized spacial score (nSPS) is 18.2. The van der Waals surface area contributed by atoms with E-state index < -0.39 is 0 Å². The van der Waals surface area contributed by atoms with Crippen LogP contribution < -0.4 is 5.73 Å². The molecule has 19 heavy (non-hydrogen) atoms. The topological polar surface area (TPSA) is 57.9 Å². The highest BCUT2D eigenvalue weighted by Crippen LogP contribution is 2.22. The Hall–Kier alpha value is -1.55. The average Bonchev–Trinajstić information content (AvgIpc) is 2.81. The summed E-state index contributed by atoms with van der Waals surface area (Å²) in [7, 11) is 0. The second kappa shape index (κ2) is 5.21. The molecule has 4 nitrogen and oxygen atoms in total. The monoisotopic (exact) mass is 258 g/mol. The number of likely N-dealkylation sites (tertiary alicyclic amines) is 1. The first kappa shape index (κ1) is 12.5. The Morgan fingerprint density at radius 1 is 1.37 bits per heavy atom. The molecule has 0 bridgehead atoms. The fraction of sp³-hybridized carbons (Fsp3) is 0.533. The molecule has 0 radical (unpaired) electrons. The third-order valence-corrected chi connectivity index (χ3v) is 4.21. The van der Waals surface area contributed by atoms with Crippen LogP contribution in [0, 0.1) is 5.92 Å². The number of nitrogens with one attached hydrogen (secondary N) is 1. The highest BCUT2D eigenvalue weighted by Gasteiger charge is 2.18. The van der Waals surface area contributed by atoms with Gasteiger partial charge in [0.2, 0.25) is 0 Å². The molecule has 1 fully saturated rings. The number of nitrogen functional groups attached to an aromatic ring is 1. The van der Waals surface area contributed by atoms with Crippen molar-refractivity contribution < 1.29 is 0 Å². The summed E-state index contributed by atoms with van der Waals surface area (Å²) in [5.41, 5.74) is 8.62. The van der Waals surface area contributed by atoms with Gasteiger partial charge in [-0.25, -0.2) is 4.98 Å². The number of rotatable bonds is 3. The standard InChI is InChI=1S/C15H22N4/c1-2-11-5-7-19(8-6-11)10-15-17-13-4-3-12(16)9-14(13)18-15/h3-4,9,11H,2,5-8,10,16H2,1H3,(H,17,18). The molecule has 4 heteroatoms. The lowest BCUT2D eigenvalue weighted by Crippen LogP contribution is -2.33. The first-order valence-corrected chi connectivity index (χ1v) is 7.21. The van der Waals surface area contributed by atoms with Crippen molar-refractivity contribution in [2.45, 2.75) is 32.7 Å². The van der Waals surface area contributed by atoms with Crippen molar-refractivity contribution in [3.8, 4) is 0 Å². The van der Waals surface area contributed by atoms with E-state index in [4.69, 9.17) is 5.73 Å². The van der Waals surface area contributed by atoms with Gasteiger partial charge in [0.05, 0.1) is 17.6 Å². The number of aromatic nitrogens is 2. The van der Waals surface area contributed by atoms with Gasteiger partial charge in [0.15, 0.2) is 0 Å². The number of piperidine rings is 1. The zero-order valence-electron chi connectivity index (χ0n) is 11.5. The van der Waals surface area contributed by atoms with Crippen molar-refractivity contribution in [3.63, 3.8) is 0 Å². The number of imidazole rings is 1. The van der Waals surface area contributed by atoms with Crippen molar-refractivity contribution in [2.24, 2.45) is 5.92 Å². The fourth-order valence-corrected chi connectivity index (χ4v) is 2.92. The number of hydrogen-bond donors (Lipinski definition) is 2. The van der Waals surface area contributed by atoms with Gasteiger partial charge < -0.3 is 10.7 Å². The van der Waals surface area contributed by atoms with E-state index in [2.05, 4.69) is 21.8 Å². The zero-order valence-corrected chi connectivity index (χ0v) is 11.5. The number of hydrogen-bond acceptors (Lipinski definition) is 3. The molecule has 2 aromatic rings. The van der Waals surface area contributed by atoms with Crippen molar-refractivity contribution in [1.82, 2.24) is 14.9 Å². The van der Waals surface area contributed by atoms with Gasteiger partial charge in [0.25, 0.3) is 0 Å². The van der Waals surface area contributed by atoms with Crippen LogP contribution in [0.1, 0.15) is 32.0 Å². The van der Waals surface area contributed by atoms with Crippen LogP contribution in [-0.2, 0) is 6.54 Å². The molecule has 0 aliphatic carbocycles. The minimum absolute atomic E-state index is 0.784. The average molecular weight is 258 g/mol. The van der Waals surface area contributed by atoms with Crippen LogP contribution >= 0.6 is 0 Å². The van der Waals surface area contributed by atoms with Gasteiger partial charge in [-0.1, -0.05) is 13.3 Å². The molecule has 0 saturated carbocycles. The van der Waals surface area contributed by atoms with E-state index in [0.29, 0.717) is 0 Å². The quantitative estimate of drug-likeness (QED) is 0.832. The van der Waals surface area contributed by atoms with E-state index in [9.17, 15) is 0 Å². The van der Waals surface area contributed by atoms with Crippen molar-refractivity contribution in [2.75, 3.05) is 18.8 Å². The third-order valence-electron chi connectivity index (χ3n) is 4.21. The first-order valence-electron chi connectivity index (χ1n) is 7.21. The lowest BCUT2D eigenvalue weighted by Gasteiger charge is -2.30. The van der Waals surface area contributed by atoms with Gasteiger partial charge in [0.1, 0.15) is 5.82 Å². The lowest BCUT2D eigenvalue weighted by molar-refractivity contribution is 0.172. The van der Waals surface area contributed by atoms with Gasteiger partial charge in [-0.15, -0.1) is 0 Å². The molecule has 3 rings (SSSR count). The fourth-order valence-electron chi connectivity index (χ4n) is 2.92. The minimum Gasteiger partial charge on any atom is -0.399 e. The molecule has 1 aliphatic rings. The number of anilines is 1. The van der Waals surface area contributed by atoms with Crippen LogP contribution in [0.4, 0.5) is 5.69 Å². The summed E-state index contributed by atoms with van der Waals surface area (Å²) in [5.74, 6) is 1.97. The Morgan fingerprint density at radius 3 is 2.89 bits per heavy atom. The van der Waals surface area contributed by atoms with Gasteiger partial charge in [-0.3, -0.25) is 4.90 Å². The Morgan fingerprint density at radius 2 is 2.16 bits per heavy atom. The zero-order chi connectivity index (χ0) is 13.2. The molecule has 0 unspecified atom stereocenters. The SMILES string of the molecule is CCC1CCN(Cc2nc3ccc(N)cc3[nH]2)CC1. The summed E-state index contributed by atoms with van der Waals surface area (Å²) in [6.45, 7) is 5.60. The van der Waals surface area contributed by atoms with Crippen LogP contribution in [0.5, 0.6) is 0 Å². The van der Waals surface area contributed by atoms with Crippen LogP contribution in [0.25, 0.3) is 11.0 Å². The second-order valence-corrected chi connectivity index (χ2v) is 5.59. The molecule has 0 amide bonds. The summed E-state index contributed by atoms with van der Waals surface area (Å²) in [6, 6.07) is 5.84. The van der Waals surface area contributed by atoms with Gasteiger partial charge in [-0.05, 0) is 50.0 Å². The molecular formula is C15H22N4. The number of fused-ring (bicyclic) bond motifs is 1. The van der Waals surface area contributed by atoms with Crippen LogP contribution in [0.15, 0.2) is 18.2 Å². The molecular weight excluding hydrogens is 236 g/mol. The largest absolute Gasteiger partial charge is 0.399 e. The molecule has 1 aliphatic heterocycles. The van der Waals surface area contributed by atoms with E-state index in [1.807, 2.05) is 18.2 Å². The van der Waals surface area contributed by atoms with Crippen molar-refractivity contribution in [3.05, 3.63) is 24.0 Å². The summed E-state index contributed by atoms with van der Waals surface area (Å²) < 4.78 is 0. The van der Waals surface area contributed by atoms with Crippen molar-refractivity contribution >= 4 is 16.7 Å². The Kier molecular flexibility index (Phi) is 3.42. The predicted octanol–water partition coefficient (Wildman–Crippen LogP) is 2.77. The molecule has 2 heterocycles. The first-order chi connectivity index (χ1) is 9.24. The maximum Gasteiger partial charge on any atom is 0.121 e. The Balaban J connectivity index is 1.68. The summed E-state index contributed by atoms with van der Waals surface area (Å²) >= 11 is 0. The molecule has 1 aromatic carbocycles. The van der Waals surface area contributed by atoms with E-state index >= 15 is 0 Å². The minimum atomic E-state index is 0.784. The summed E-state index contributed by atoms with van der Waals surface area (Å²) in [6.07, 6.45) is 3.96. The maximum atomic E-state index is 5.79. The number of nitrogens with zero attached hydrogens (tertiary/aromatic N) is 2.